The standard InChI is InChI=1S/C30H29N3O4S/c1-20-3-5-22(6-4-20)14-33(15-24-8-10-27-29(12-24)37-19-35-27)16-30-32-25(17-38-30)21(2)31-13-23-7-9-26-28(11-23)36-18-34-26/h3-12,17,31H,2,13-16,18-19H2,1H3. The van der Waals surface area contributed by atoms with E-state index in [0.29, 0.717) is 6.54 Å². The van der Waals surface area contributed by atoms with Crippen molar-refractivity contribution in [1.82, 2.24) is 15.2 Å². The summed E-state index contributed by atoms with van der Waals surface area (Å²) in [6.45, 7) is 9.82. The van der Waals surface area contributed by atoms with Gasteiger partial charge in [0.25, 0.3) is 0 Å². The van der Waals surface area contributed by atoms with Gasteiger partial charge in [0.1, 0.15) is 5.01 Å². The zero-order chi connectivity index (χ0) is 25.9. The summed E-state index contributed by atoms with van der Waals surface area (Å²) in [5.41, 5.74) is 6.46. The SMILES string of the molecule is C=C(NCc1ccc2c(c1)OCO2)c1csc(CN(Cc2ccc(C)cc2)Cc2ccc3c(c2)OCO3)n1. The first-order chi connectivity index (χ1) is 18.6. The van der Waals surface area contributed by atoms with Crippen molar-refractivity contribution in [1.29, 1.82) is 0 Å². The van der Waals surface area contributed by atoms with Gasteiger partial charge in [0.2, 0.25) is 13.6 Å². The summed E-state index contributed by atoms with van der Waals surface area (Å²) in [7, 11) is 0. The molecule has 0 spiro atoms. The van der Waals surface area contributed by atoms with Crippen molar-refractivity contribution in [2.24, 2.45) is 0 Å². The normalized spacial score (nSPS) is 13.2. The van der Waals surface area contributed by atoms with Crippen LogP contribution in [0.5, 0.6) is 23.0 Å². The molecule has 0 saturated heterocycles. The minimum absolute atomic E-state index is 0.274. The van der Waals surface area contributed by atoms with Gasteiger partial charge >= 0.3 is 0 Å². The third-order valence-corrected chi connectivity index (χ3v) is 7.37. The van der Waals surface area contributed by atoms with E-state index >= 15 is 0 Å². The molecule has 1 N–H and O–H groups in total. The lowest BCUT2D eigenvalue weighted by Gasteiger charge is -2.22. The van der Waals surface area contributed by atoms with Crippen LogP contribution in [-0.4, -0.2) is 23.5 Å². The molecule has 0 amide bonds. The lowest BCUT2D eigenvalue weighted by Crippen LogP contribution is -2.22. The van der Waals surface area contributed by atoms with E-state index in [1.54, 1.807) is 11.3 Å². The summed E-state index contributed by atoms with van der Waals surface area (Å²) in [6.07, 6.45) is 0. The highest BCUT2D eigenvalue weighted by atomic mass is 32.1. The van der Waals surface area contributed by atoms with Crippen LogP contribution in [0.2, 0.25) is 0 Å². The van der Waals surface area contributed by atoms with E-state index in [4.69, 9.17) is 23.9 Å². The fourth-order valence-electron chi connectivity index (χ4n) is 4.48. The number of nitrogens with one attached hydrogen (secondary N) is 1. The lowest BCUT2D eigenvalue weighted by molar-refractivity contribution is 0.173. The first-order valence-corrected chi connectivity index (χ1v) is 13.4. The van der Waals surface area contributed by atoms with Gasteiger partial charge in [0, 0.05) is 25.0 Å². The Morgan fingerprint density at radius 1 is 0.816 bits per heavy atom. The van der Waals surface area contributed by atoms with Gasteiger partial charge in [0.05, 0.1) is 17.9 Å². The molecule has 0 aliphatic carbocycles. The van der Waals surface area contributed by atoms with Crippen LogP contribution in [0.3, 0.4) is 0 Å². The number of aryl methyl sites for hydroxylation is 1. The number of fused-ring (bicyclic) bond motifs is 2. The smallest absolute Gasteiger partial charge is 0.231 e. The van der Waals surface area contributed by atoms with Crippen molar-refractivity contribution in [3.63, 3.8) is 0 Å². The monoisotopic (exact) mass is 527 g/mol. The zero-order valence-electron chi connectivity index (χ0n) is 21.2. The van der Waals surface area contributed by atoms with Gasteiger partial charge in [-0.2, -0.15) is 0 Å². The van der Waals surface area contributed by atoms with Gasteiger partial charge < -0.3 is 24.3 Å². The molecule has 194 valence electrons. The number of rotatable bonds is 10. The Labute approximate surface area is 226 Å². The molecule has 0 bridgehead atoms. The predicted octanol–water partition coefficient (Wildman–Crippen LogP) is 5.87. The quantitative estimate of drug-likeness (QED) is 0.277. The molecule has 0 radical (unpaired) electrons. The Morgan fingerprint density at radius 3 is 2.16 bits per heavy atom. The van der Waals surface area contributed by atoms with E-state index < -0.39 is 0 Å². The fraction of sp³-hybridized carbons (Fsp3) is 0.233. The molecule has 2 aliphatic rings. The number of nitrogens with zero attached hydrogens (tertiary/aromatic N) is 2. The first-order valence-electron chi connectivity index (χ1n) is 12.5. The molecule has 7 nitrogen and oxygen atoms in total. The third-order valence-electron chi connectivity index (χ3n) is 6.53. The highest BCUT2D eigenvalue weighted by molar-refractivity contribution is 7.09. The van der Waals surface area contributed by atoms with Crippen LogP contribution in [0.25, 0.3) is 5.70 Å². The highest BCUT2D eigenvalue weighted by Crippen LogP contribution is 2.34. The molecule has 3 aromatic carbocycles. The Kier molecular flexibility index (Phi) is 6.90. The maximum Gasteiger partial charge on any atom is 0.231 e. The Balaban J connectivity index is 1.13. The number of benzene rings is 3. The van der Waals surface area contributed by atoms with Crippen LogP contribution in [0.15, 0.2) is 72.6 Å². The maximum absolute atomic E-state index is 5.60. The number of aromatic nitrogens is 1. The molecule has 0 atom stereocenters. The number of ether oxygens (including phenoxy) is 4. The summed E-state index contributed by atoms with van der Waals surface area (Å²) in [6, 6.07) is 20.8. The van der Waals surface area contributed by atoms with Crippen LogP contribution >= 0.6 is 11.3 Å². The van der Waals surface area contributed by atoms with E-state index in [9.17, 15) is 0 Å². The van der Waals surface area contributed by atoms with E-state index in [1.807, 2.05) is 24.3 Å². The van der Waals surface area contributed by atoms with Gasteiger partial charge in [-0.15, -0.1) is 11.3 Å². The van der Waals surface area contributed by atoms with Crippen molar-refractivity contribution in [3.8, 4) is 23.0 Å². The first kappa shape index (κ1) is 24.3. The second-order valence-electron chi connectivity index (χ2n) is 9.46. The second kappa shape index (κ2) is 10.8. The molecule has 0 unspecified atom stereocenters. The summed E-state index contributed by atoms with van der Waals surface area (Å²) in [5.74, 6) is 3.17. The van der Waals surface area contributed by atoms with Crippen molar-refractivity contribution in [2.75, 3.05) is 13.6 Å². The van der Waals surface area contributed by atoms with E-state index in [0.717, 1.165) is 64.6 Å². The topological polar surface area (TPSA) is 65.1 Å². The number of hydrogen-bond acceptors (Lipinski definition) is 8. The van der Waals surface area contributed by atoms with E-state index in [1.165, 1.54) is 16.7 Å². The van der Waals surface area contributed by atoms with Crippen molar-refractivity contribution < 1.29 is 18.9 Å². The van der Waals surface area contributed by atoms with Crippen molar-refractivity contribution in [3.05, 3.63) is 106 Å². The van der Waals surface area contributed by atoms with Gasteiger partial charge in [-0.05, 0) is 47.9 Å². The summed E-state index contributed by atoms with van der Waals surface area (Å²) in [4.78, 5) is 7.30. The van der Waals surface area contributed by atoms with Crippen LogP contribution in [0.4, 0.5) is 0 Å². The Hall–Kier alpha value is -4.01. The van der Waals surface area contributed by atoms with Crippen LogP contribution in [0.1, 0.15) is 33.0 Å². The third kappa shape index (κ3) is 5.61. The molecule has 0 saturated carbocycles. The maximum atomic E-state index is 5.60. The molecular formula is C30H29N3O4S. The van der Waals surface area contributed by atoms with Crippen LogP contribution in [-0.2, 0) is 26.2 Å². The van der Waals surface area contributed by atoms with E-state index in [2.05, 4.69) is 65.5 Å². The average Bonchev–Trinajstić information content (AvgIpc) is 3.69. The van der Waals surface area contributed by atoms with E-state index in [-0.39, 0.29) is 13.6 Å². The van der Waals surface area contributed by atoms with Gasteiger partial charge in [-0.3, -0.25) is 4.90 Å². The minimum atomic E-state index is 0.274. The van der Waals surface area contributed by atoms with Crippen LogP contribution in [0, 0.1) is 6.92 Å². The molecule has 6 rings (SSSR count). The molecule has 0 fully saturated rings. The van der Waals surface area contributed by atoms with Crippen molar-refractivity contribution >= 4 is 17.0 Å². The molecule has 3 heterocycles. The predicted molar refractivity (Wildman–Crippen MR) is 147 cm³/mol. The van der Waals surface area contributed by atoms with Gasteiger partial charge in [0.15, 0.2) is 23.0 Å². The van der Waals surface area contributed by atoms with Crippen LogP contribution < -0.4 is 24.3 Å². The van der Waals surface area contributed by atoms with Gasteiger partial charge in [-0.1, -0.05) is 48.5 Å². The summed E-state index contributed by atoms with van der Waals surface area (Å²) < 4.78 is 22.0. The van der Waals surface area contributed by atoms with Crippen molar-refractivity contribution in [2.45, 2.75) is 33.1 Å². The average molecular weight is 528 g/mol. The summed E-state index contributed by atoms with van der Waals surface area (Å²) >= 11 is 1.65. The molecule has 1 aromatic heterocycles. The molecule has 2 aliphatic heterocycles. The highest BCUT2D eigenvalue weighted by Gasteiger charge is 2.17. The molecule has 38 heavy (non-hydrogen) atoms. The summed E-state index contributed by atoms with van der Waals surface area (Å²) in [5, 5.41) is 6.50. The van der Waals surface area contributed by atoms with Gasteiger partial charge in [-0.25, -0.2) is 4.98 Å². The Bertz CT molecular complexity index is 1450. The lowest BCUT2D eigenvalue weighted by atomic mass is 10.1. The molecule has 8 heteroatoms. The zero-order valence-corrected chi connectivity index (χ0v) is 22.1. The number of thiazole rings is 1. The molecule has 4 aromatic rings. The second-order valence-corrected chi connectivity index (χ2v) is 10.4. The number of hydrogen-bond donors (Lipinski definition) is 1. The minimum Gasteiger partial charge on any atom is -0.454 e. The fourth-order valence-corrected chi connectivity index (χ4v) is 5.33. The Morgan fingerprint density at radius 2 is 1.42 bits per heavy atom. The largest absolute Gasteiger partial charge is 0.454 e. The molecular weight excluding hydrogens is 498 g/mol.